The van der Waals surface area contributed by atoms with Crippen LogP contribution >= 0.6 is 0 Å². The summed E-state index contributed by atoms with van der Waals surface area (Å²) in [6.07, 6.45) is 0. The summed E-state index contributed by atoms with van der Waals surface area (Å²) in [5.41, 5.74) is 5.58. The quantitative estimate of drug-likeness (QED) is 0.197. The van der Waals surface area contributed by atoms with Crippen LogP contribution in [0, 0.1) is 0 Å². The first-order valence-electron chi connectivity index (χ1n) is 4.44. The van der Waals surface area contributed by atoms with E-state index in [1.165, 1.54) is 26.4 Å². The number of aliphatic carboxylic acids is 1. The number of methoxy groups -OCH3 is 2. The van der Waals surface area contributed by atoms with Gasteiger partial charge in [-0.2, -0.15) is 0 Å². The van der Waals surface area contributed by atoms with Crippen LogP contribution in [-0.2, 0) is 9.59 Å². The Morgan fingerprint density at radius 2 is 1.61 bits per heavy atom. The molecule has 0 aliphatic heterocycles. The average molecular weight is 279 g/mol. The number of carbonyl (C=O) groups is 2. The van der Waals surface area contributed by atoms with Crippen LogP contribution < -0.4 is 76.4 Å². The van der Waals surface area contributed by atoms with Crippen molar-refractivity contribution >= 4 is 17.6 Å². The third-order valence-corrected chi connectivity index (χ3v) is 1.89. The summed E-state index contributed by atoms with van der Waals surface area (Å²) in [7, 11) is 2.78. The van der Waals surface area contributed by atoms with Gasteiger partial charge in [-0.15, -0.1) is 0 Å². The van der Waals surface area contributed by atoms with Crippen molar-refractivity contribution in [2.24, 2.45) is 0 Å². The topological polar surface area (TPSA) is 111 Å². The Labute approximate surface area is 146 Å². The molecule has 0 aliphatic rings. The van der Waals surface area contributed by atoms with E-state index in [-0.39, 0.29) is 68.6 Å². The van der Waals surface area contributed by atoms with Crippen molar-refractivity contribution < 1.29 is 80.3 Å². The van der Waals surface area contributed by atoms with Gasteiger partial charge >= 0.3 is 57.4 Å². The van der Waals surface area contributed by atoms with E-state index in [2.05, 4.69) is 4.74 Å². The van der Waals surface area contributed by atoms with Gasteiger partial charge in [0.2, 0.25) is 0 Å². The Hall–Kier alpha value is -0.804. The summed E-state index contributed by atoms with van der Waals surface area (Å²) in [5.74, 6) is -3.05. The van der Waals surface area contributed by atoms with Gasteiger partial charge in [-0.25, -0.2) is 4.79 Å². The maximum absolute atomic E-state index is 10.8. The van der Waals surface area contributed by atoms with Gasteiger partial charge in [0.25, 0.3) is 0 Å². The van der Waals surface area contributed by atoms with Crippen LogP contribution in [0.4, 0.5) is 5.69 Å². The summed E-state index contributed by atoms with van der Waals surface area (Å²) in [4.78, 5) is 21.0. The minimum atomic E-state index is -1.96. The Balaban J connectivity index is 0.00000289. The second-order valence-corrected chi connectivity index (χ2v) is 2.92. The largest absolute Gasteiger partial charge is 1.00 e. The number of ether oxygens (including phenoxy) is 3. The van der Waals surface area contributed by atoms with Gasteiger partial charge in [-0.05, 0) is 0 Å². The van der Waals surface area contributed by atoms with Crippen LogP contribution in [0.1, 0.15) is 0 Å². The minimum Gasteiger partial charge on any atom is -0.539 e. The van der Waals surface area contributed by atoms with Crippen molar-refractivity contribution in [3.05, 3.63) is 12.1 Å². The van der Waals surface area contributed by atoms with Crippen molar-refractivity contribution in [3.8, 4) is 17.2 Å². The first-order chi connectivity index (χ1) is 7.99. The van der Waals surface area contributed by atoms with E-state index >= 15 is 0 Å². The molecule has 0 saturated heterocycles. The van der Waals surface area contributed by atoms with Crippen LogP contribution in [0.3, 0.4) is 0 Å². The Morgan fingerprint density at radius 1 is 1.11 bits per heavy atom. The summed E-state index contributed by atoms with van der Waals surface area (Å²) in [5, 5.41) is 10.2. The molecule has 0 bridgehead atoms. The van der Waals surface area contributed by atoms with Crippen molar-refractivity contribution in [3.63, 3.8) is 0 Å². The molecule has 8 heteroatoms. The van der Waals surface area contributed by atoms with E-state index in [0.717, 1.165) is 0 Å². The monoisotopic (exact) mass is 279 g/mol. The molecule has 0 spiro atoms. The molecule has 0 aromatic heterocycles. The third-order valence-electron chi connectivity index (χ3n) is 1.89. The minimum absolute atomic E-state index is 0. The predicted octanol–water partition coefficient (Wildman–Crippen LogP) is -4.05. The average Bonchev–Trinajstić information content (AvgIpc) is 2.30. The zero-order chi connectivity index (χ0) is 13.0. The Morgan fingerprint density at radius 3 is 2.06 bits per heavy atom. The molecule has 7 nitrogen and oxygen atoms in total. The SMILES string of the molecule is COc1cc(N)c(OC(=O)C(=O)[O-])cc1OC.[K+]. The molecule has 1 aromatic carbocycles. The summed E-state index contributed by atoms with van der Waals surface area (Å²) < 4.78 is 14.4. The van der Waals surface area contributed by atoms with E-state index in [0.29, 0.717) is 5.75 Å². The maximum Gasteiger partial charge on any atom is 1.00 e. The van der Waals surface area contributed by atoms with E-state index in [4.69, 9.17) is 15.2 Å². The van der Waals surface area contributed by atoms with Gasteiger partial charge in [0, 0.05) is 12.1 Å². The molecule has 0 aliphatic carbocycles. The Bertz CT molecular complexity index is 462. The number of benzene rings is 1. The maximum atomic E-state index is 10.8. The van der Waals surface area contributed by atoms with Crippen LogP contribution in [0.5, 0.6) is 17.2 Å². The first-order valence-corrected chi connectivity index (χ1v) is 4.44. The second-order valence-electron chi connectivity index (χ2n) is 2.92. The number of carboxylic acid groups (broad SMARTS) is 1. The number of rotatable bonds is 3. The van der Waals surface area contributed by atoms with Gasteiger partial charge in [0.1, 0.15) is 0 Å². The van der Waals surface area contributed by atoms with Crippen molar-refractivity contribution in [1.82, 2.24) is 0 Å². The van der Waals surface area contributed by atoms with Gasteiger partial charge in [-0.1, -0.05) is 0 Å². The van der Waals surface area contributed by atoms with Crippen molar-refractivity contribution in [2.45, 2.75) is 0 Å². The number of anilines is 1. The number of hydrogen-bond donors (Lipinski definition) is 1. The molecule has 0 fully saturated rings. The number of hydrogen-bond acceptors (Lipinski definition) is 7. The standard InChI is InChI=1S/C10H11NO6.K/c1-15-7-3-5(11)6(4-8(7)16-2)17-10(14)9(12)13;/h3-4H,11H2,1-2H3,(H,12,13);/q;+1/p-1. The van der Waals surface area contributed by atoms with E-state index in [1.54, 1.807) is 0 Å². The molecule has 2 N–H and O–H groups in total. The molecule has 0 radical (unpaired) electrons. The van der Waals surface area contributed by atoms with E-state index < -0.39 is 11.9 Å². The molecule has 0 atom stereocenters. The van der Waals surface area contributed by atoms with Crippen molar-refractivity contribution in [2.75, 3.05) is 20.0 Å². The summed E-state index contributed by atoms with van der Waals surface area (Å²) in [6, 6.07) is 2.59. The van der Waals surface area contributed by atoms with Crippen LogP contribution in [0.15, 0.2) is 12.1 Å². The Kier molecular flexibility index (Phi) is 7.25. The molecular weight excluding hydrogens is 269 g/mol. The zero-order valence-corrected chi connectivity index (χ0v) is 13.3. The van der Waals surface area contributed by atoms with Gasteiger partial charge in [-0.3, -0.25) is 0 Å². The molecule has 0 heterocycles. The number of nitrogen functional groups attached to an aromatic ring is 1. The summed E-state index contributed by atoms with van der Waals surface area (Å²) >= 11 is 0. The van der Waals surface area contributed by atoms with Crippen LogP contribution in [0.25, 0.3) is 0 Å². The molecule has 0 unspecified atom stereocenters. The molecule has 1 rings (SSSR count). The number of carbonyl (C=O) groups excluding carboxylic acids is 2. The van der Waals surface area contributed by atoms with Crippen molar-refractivity contribution in [1.29, 1.82) is 0 Å². The molecule has 0 saturated carbocycles. The normalized spacial score (nSPS) is 9.00. The van der Waals surface area contributed by atoms with Crippen LogP contribution in [-0.4, -0.2) is 26.2 Å². The van der Waals surface area contributed by atoms with Crippen LogP contribution in [0.2, 0.25) is 0 Å². The molecule has 1 aromatic rings. The number of carboxylic acids is 1. The first kappa shape index (κ1) is 17.2. The fourth-order valence-electron chi connectivity index (χ4n) is 1.11. The zero-order valence-electron chi connectivity index (χ0n) is 10.2. The van der Waals surface area contributed by atoms with Gasteiger partial charge in [0.05, 0.1) is 19.9 Å². The fraction of sp³-hybridized carbons (Fsp3) is 0.200. The smallest absolute Gasteiger partial charge is 0.539 e. The van der Waals surface area contributed by atoms with Gasteiger partial charge < -0.3 is 29.8 Å². The number of nitrogens with two attached hydrogens (primary N) is 1. The third kappa shape index (κ3) is 4.14. The number of esters is 1. The van der Waals surface area contributed by atoms with E-state index in [9.17, 15) is 14.7 Å². The molecule has 18 heavy (non-hydrogen) atoms. The van der Waals surface area contributed by atoms with Gasteiger partial charge in [0.15, 0.2) is 23.2 Å². The predicted molar refractivity (Wildman–Crippen MR) is 54.6 cm³/mol. The van der Waals surface area contributed by atoms with E-state index in [1.807, 2.05) is 0 Å². The fourth-order valence-corrected chi connectivity index (χ4v) is 1.11. The molecule has 0 amide bonds. The summed E-state index contributed by atoms with van der Waals surface area (Å²) in [6.45, 7) is 0. The molecule has 92 valence electrons. The molecular formula is C10H10KNO6. The second kappa shape index (κ2) is 7.59.